The Kier molecular flexibility index (Phi) is 3.11. The standard InChI is InChI=1S/C11H12N2O5S/c14-1-5-7(15)8(16)9(18-5)10-6-4(2-19-10)11(17)13-3-12-6/h2-3,5,7-9,14-16H,1H2,(H,12,13,17)/t5-,7-,8-,9+/m1/s1. The van der Waals surface area contributed by atoms with Crippen molar-refractivity contribution < 1.29 is 20.1 Å². The van der Waals surface area contributed by atoms with Crippen molar-refractivity contribution in [2.75, 3.05) is 6.61 Å². The predicted octanol–water partition coefficient (Wildman–Crippen LogP) is -0.861. The van der Waals surface area contributed by atoms with Crippen LogP contribution in [0.15, 0.2) is 16.5 Å². The topological polar surface area (TPSA) is 116 Å². The van der Waals surface area contributed by atoms with Crippen LogP contribution in [0.2, 0.25) is 0 Å². The first kappa shape index (κ1) is 12.7. The first-order valence-corrected chi connectivity index (χ1v) is 6.58. The summed E-state index contributed by atoms with van der Waals surface area (Å²) in [6.45, 7) is -0.383. The number of H-pyrrole nitrogens is 1. The highest BCUT2D eigenvalue weighted by Gasteiger charge is 2.44. The molecule has 1 aliphatic rings. The maximum atomic E-state index is 11.6. The summed E-state index contributed by atoms with van der Waals surface area (Å²) in [5.74, 6) is 0. The van der Waals surface area contributed by atoms with Gasteiger partial charge in [0, 0.05) is 5.38 Å². The summed E-state index contributed by atoms with van der Waals surface area (Å²) >= 11 is 1.23. The van der Waals surface area contributed by atoms with Crippen LogP contribution in [0.25, 0.3) is 10.9 Å². The maximum absolute atomic E-state index is 11.6. The fraction of sp³-hybridized carbons (Fsp3) is 0.455. The molecule has 1 aliphatic heterocycles. The van der Waals surface area contributed by atoms with Gasteiger partial charge in [-0.15, -0.1) is 11.3 Å². The van der Waals surface area contributed by atoms with Crippen molar-refractivity contribution in [1.82, 2.24) is 9.97 Å². The zero-order valence-electron chi connectivity index (χ0n) is 9.68. The van der Waals surface area contributed by atoms with E-state index in [-0.39, 0.29) is 12.2 Å². The normalized spacial score (nSPS) is 31.1. The van der Waals surface area contributed by atoms with Gasteiger partial charge in [-0.1, -0.05) is 0 Å². The van der Waals surface area contributed by atoms with Crippen LogP contribution in [0, 0.1) is 0 Å². The van der Waals surface area contributed by atoms with E-state index in [2.05, 4.69) is 9.97 Å². The van der Waals surface area contributed by atoms with Crippen LogP contribution < -0.4 is 5.56 Å². The summed E-state index contributed by atoms with van der Waals surface area (Å²) in [6.07, 6.45) is -2.65. The molecule has 0 unspecified atom stereocenters. The van der Waals surface area contributed by atoms with Gasteiger partial charge < -0.3 is 25.0 Å². The number of aliphatic hydroxyl groups is 3. The van der Waals surface area contributed by atoms with Crippen LogP contribution in [0.4, 0.5) is 0 Å². The third-order valence-electron chi connectivity index (χ3n) is 3.23. The van der Waals surface area contributed by atoms with E-state index in [0.29, 0.717) is 15.8 Å². The fourth-order valence-electron chi connectivity index (χ4n) is 2.21. The molecule has 0 bridgehead atoms. The van der Waals surface area contributed by atoms with Crippen LogP contribution >= 0.6 is 11.3 Å². The van der Waals surface area contributed by atoms with E-state index in [1.54, 1.807) is 5.38 Å². The number of nitrogens with one attached hydrogen (secondary N) is 1. The number of hydrogen-bond donors (Lipinski definition) is 4. The third kappa shape index (κ3) is 1.88. The first-order chi connectivity index (χ1) is 9.13. The monoisotopic (exact) mass is 284 g/mol. The second-order valence-electron chi connectivity index (χ2n) is 4.35. The van der Waals surface area contributed by atoms with Gasteiger partial charge in [0.25, 0.3) is 5.56 Å². The number of hydrogen-bond acceptors (Lipinski definition) is 7. The van der Waals surface area contributed by atoms with Gasteiger partial charge in [0.15, 0.2) is 0 Å². The van der Waals surface area contributed by atoms with Gasteiger partial charge in [-0.3, -0.25) is 4.79 Å². The van der Waals surface area contributed by atoms with Gasteiger partial charge in [-0.05, 0) is 0 Å². The number of ether oxygens (including phenoxy) is 1. The zero-order chi connectivity index (χ0) is 13.6. The molecule has 0 radical (unpaired) electrons. The molecular formula is C11H12N2O5S. The fourth-order valence-corrected chi connectivity index (χ4v) is 3.28. The minimum atomic E-state index is -1.16. The molecular weight excluding hydrogens is 272 g/mol. The summed E-state index contributed by atoms with van der Waals surface area (Å²) in [5.41, 5.74) is 0.183. The summed E-state index contributed by atoms with van der Waals surface area (Å²) in [5, 5.41) is 30.8. The molecule has 8 heteroatoms. The van der Waals surface area contributed by atoms with E-state index in [1.807, 2.05) is 0 Å². The lowest BCUT2D eigenvalue weighted by molar-refractivity contribution is -0.0214. The average molecular weight is 284 g/mol. The molecule has 3 heterocycles. The number of rotatable bonds is 2. The Bertz CT molecular complexity index is 654. The average Bonchev–Trinajstić information content (AvgIpc) is 2.94. The number of nitrogens with zero attached hydrogens (tertiary/aromatic N) is 1. The van der Waals surface area contributed by atoms with E-state index in [4.69, 9.17) is 9.84 Å². The van der Waals surface area contributed by atoms with Crippen molar-refractivity contribution in [3.05, 3.63) is 26.9 Å². The Morgan fingerprint density at radius 2 is 2.21 bits per heavy atom. The molecule has 3 rings (SSSR count). The van der Waals surface area contributed by atoms with Crippen LogP contribution in [0.5, 0.6) is 0 Å². The number of aliphatic hydroxyl groups excluding tert-OH is 3. The van der Waals surface area contributed by atoms with Crippen molar-refractivity contribution in [3.63, 3.8) is 0 Å². The summed E-state index contributed by atoms with van der Waals surface area (Å²) in [6, 6.07) is 0. The molecule has 0 aliphatic carbocycles. The van der Waals surface area contributed by atoms with Crippen LogP contribution in [-0.4, -0.2) is 50.2 Å². The molecule has 4 atom stereocenters. The molecule has 0 saturated carbocycles. The number of fused-ring (bicyclic) bond motifs is 1. The van der Waals surface area contributed by atoms with Crippen LogP contribution in [0.3, 0.4) is 0 Å². The van der Waals surface area contributed by atoms with Gasteiger partial charge in [0.05, 0.1) is 28.7 Å². The van der Waals surface area contributed by atoms with Gasteiger partial charge in [0.1, 0.15) is 24.4 Å². The molecule has 2 aromatic heterocycles. The van der Waals surface area contributed by atoms with Crippen LogP contribution in [0.1, 0.15) is 11.0 Å². The van der Waals surface area contributed by atoms with Crippen LogP contribution in [-0.2, 0) is 4.74 Å². The van der Waals surface area contributed by atoms with E-state index in [1.165, 1.54) is 17.7 Å². The van der Waals surface area contributed by atoms with Gasteiger partial charge in [0.2, 0.25) is 0 Å². The van der Waals surface area contributed by atoms with Gasteiger partial charge in [-0.25, -0.2) is 4.98 Å². The quantitative estimate of drug-likeness (QED) is 0.570. The molecule has 0 spiro atoms. The second kappa shape index (κ2) is 4.66. The van der Waals surface area contributed by atoms with E-state index < -0.39 is 24.4 Å². The summed E-state index contributed by atoms with van der Waals surface area (Å²) in [4.78, 5) is 18.7. The molecule has 19 heavy (non-hydrogen) atoms. The van der Waals surface area contributed by atoms with E-state index in [9.17, 15) is 15.0 Å². The van der Waals surface area contributed by atoms with Crippen molar-refractivity contribution in [1.29, 1.82) is 0 Å². The minimum absolute atomic E-state index is 0.265. The Morgan fingerprint density at radius 3 is 2.89 bits per heavy atom. The lowest BCUT2D eigenvalue weighted by Crippen LogP contribution is -2.32. The lowest BCUT2D eigenvalue weighted by Gasteiger charge is -2.12. The van der Waals surface area contributed by atoms with Crippen molar-refractivity contribution in [2.24, 2.45) is 0 Å². The SMILES string of the molecule is O=c1[nH]cnc2c([C@H]3O[C@H](CO)[C@@H](O)[C@H]3O)scc12. The Hall–Kier alpha value is -1.32. The van der Waals surface area contributed by atoms with Crippen molar-refractivity contribution >= 4 is 22.2 Å². The van der Waals surface area contributed by atoms with Crippen molar-refractivity contribution in [2.45, 2.75) is 24.4 Å². The van der Waals surface area contributed by atoms with Gasteiger partial charge in [-0.2, -0.15) is 0 Å². The number of aromatic amines is 1. The van der Waals surface area contributed by atoms with E-state index in [0.717, 1.165) is 0 Å². The number of thiophene rings is 1. The molecule has 102 valence electrons. The highest BCUT2D eigenvalue weighted by atomic mass is 32.1. The molecule has 4 N–H and O–H groups in total. The Morgan fingerprint density at radius 1 is 1.42 bits per heavy atom. The molecule has 1 fully saturated rings. The molecule has 7 nitrogen and oxygen atoms in total. The summed E-state index contributed by atoms with van der Waals surface area (Å²) < 4.78 is 5.44. The summed E-state index contributed by atoms with van der Waals surface area (Å²) in [7, 11) is 0. The predicted molar refractivity (Wildman–Crippen MR) is 67.0 cm³/mol. The first-order valence-electron chi connectivity index (χ1n) is 5.70. The smallest absolute Gasteiger partial charge is 0.259 e. The molecule has 0 aromatic carbocycles. The van der Waals surface area contributed by atoms with E-state index >= 15 is 0 Å². The molecule has 0 amide bonds. The third-order valence-corrected chi connectivity index (χ3v) is 4.26. The zero-order valence-corrected chi connectivity index (χ0v) is 10.5. The van der Waals surface area contributed by atoms with Crippen molar-refractivity contribution in [3.8, 4) is 0 Å². The minimum Gasteiger partial charge on any atom is -0.394 e. The second-order valence-corrected chi connectivity index (χ2v) is 5.26. The largest absolute Gasteiger partial charge is 0.394 e. The Balaban J connectivity index is 2.06. The number of aromatic nitrogens is 2. The maximum Gasteiger partial charge on any atom is 0.259 e. The molecule has 2 aromatic rings. The lowest BCUT2D eigenvalue weighted by atomic mass is 10.1. The highest BCUT2D eigenvalue weighted by Crippen LogP contribution is 2.38. The molecule has 1 saturated heterocycles. The van der Waals surface area contributed by atoms with Gasteiger partial charge >= 0.3 is 0 Å². The highest BCUT2D eigenvalue weighted by molar-refractivity contribution is 7.11. The Labute approximate surface area is 111 Å².